The molecule has 0 atom stereocenters. The second kappa shape index (κ2) is 11.7. The second-order valence-corrected chi connectivity index (χ2v) is 8.13. The van der Waals surface area contributed by atoms with Crippen LogP contribution in [0.15, 0.2) is 70.2 Å². The molecule has 0 aliphatic heterocycles. The Hall–Kier alpha value is -3.07. The van der Waals surface area contributed by atoms with E-state index in [0.29, 0.717) is 26.6 Å². The lowest BCUT2D eigenvalue weighted by atomic mass is 10.2. The highest BCUT2D eigenvalue weighted by atomic mass is 79.9. The first-order valence-electron chi connectivity index (χ1n) is 9.42. The molecule has 3 aromatic rings. The molecule has 0 saturated carbocycles. The lowest BCUT2D eigenvalue weighted by Gasteiger charge is -2.10. The van der Waals surface area contributed by atoms with Crippen molar-refractivity contribution in [2.24, 2.45) is 5.10 Å². The summed E-state index contributed by atoms with van der Waals surface area (Å²) in [6.45, 7) is -0.238. The van der Waals surface area contributed by atoms with Crippen molar-refractivity contribution >= 4 is 57.2 Å². The monoisotopic (exact) mass is 550 g/mol. The summed E-state index contributed by atoms with van der Waals surface area (Å²) >= 11 is 15.2. The van der Waals surface area contributed by atoms with Gasteiger partial charge in [-0.05, 0) is 70.0 Å². The number of halogens is 3. The Morgan fingerprint density at radius 1 is 1.03 bits per heavy atom. The van der Waals surface area contributed by atoms with Gasteiger partial charge in [-0.3, -0.25) is 4.79 Å². The number of hydrogen-bond acceptors (Lipinski definition) is 6. The van der Waals surface area contributed by atoms with Crippen LogP contribution < -0.4 is 19.6 Å². The van der Waals surface area contributed by atoms with Gasteiger partial charge in [-0.25, -0.2) is 10.2 Å². The van der Waals surface area contributed by atoms with Crippen LogP contribution in [0.2, 0.25) is 10.0 Å². The number of hydrazone groups is 1. The van der Waals surface area contributed by atoms with Crippen molar-refractivity contribution < 1.29 is 23.8 Å². The Morgan fingerprint density at radius 2 is 1.79 bits per heavy atom. The molecule has 3 rings (SSSR count). The fourth-order valence-corrected chi connectivity index (χ4v) is 3.59. The number of hydrogen-bond donors (Lipinski definition) is 1. The number of carbonyl (C=O) groups is 2. The van der Waals surface area contributed by atoms with Crippen molar-refractivity contribution in [3.63, 3.8) is 0 Å². The highest BCUT2D eigenvalue weighted by Crippen LogP contribution is 2.29. The predicted octanol–water partition coefficient (Wildman–Crippen LogP) is 5.51. The third-order valence-corrected chi connectivity index (χ3v) is 5.32. The zero-order valence-corrected chi connectivity index (χ0v) is 20.3. The van der Waals surface area contributed by atoms with E-state index in [9.17, 15) is 9.59 Å². The SMILES string of the molecule is COc1cc(/C=N\NC(=O)COc2ccc(Cl)cc2Br)ccc1OC(=O)c1ccccc1Cl. The van der Waals surface area contributed by atoms with Gasteiger partial charge in [0.1, 0.15) is 5.75 Å². The van der Waals surface area contributed by atoms with Crippen molar-refractivity contribution in [2.45, 2.75) is 0 Å². The van der Waals surface area contributed by atoms with Gasteiger partial charge in [-0.15, -0.1) is 0 Å². The first-order chi connectivity index (χ1) is 15.9. The summed E-state index contributed by atoms with van der Waals surface area (Å²) in [7, 11) is 1.44. The second-order valence-electron chi connectivity index (χ2n) is 6.44. The molecule has 0 unspecified atom stereocenters. The fraction of sp³-hybridized carbons (Fsp3) is 0.0870. The number of carbonyl (C=O) groups excluding carboxylic acids is 2. The molecule has 33 heavy (non-hydrogen) atoms. The minimum Gasteiger partial charge on any atom is -0.493 e. The highest BCUT2D eigenvalue weighted by Gasteiger charge is 2.15. The van der Waals surface area contributed by atoms with Gasteiger partial charge < -0.3 is 14.2 Å². The van der Waals surface area contributed by atoms with Crippen molar-refractivity contribution in [2.75, 3.05) is 13.7 Å². The van der Waals surface area contributed by atoms with E-state index in [2.05, 4.69) is 26.5 Å². The molecule has 3 aromatic carbocycles. The summed E-state index contributed by atoms with van der Waals surface area (Å²) in [5, 5.41) is 4.73. The van der Waals surface area contributed by atoms with Gasteiger partial charge >= 0.3 is 5.97 Å². The van der Waals surface area contributed by atoms with Crippen LogP contribution in [0.1, 0.15) is 15.9 Å². The van der Waals surface area contributed by atoms with Gasteiger partial charge in [0.2, 0.25) is 0 Å². The Balaban J connectivity index is 1.58. The number of nitrogens with one attached hydrogen (secondary N) is 1. The maximum absolute atomic E-state index is 12.4. The molecular weight excluding hydrogens is 535 g/mol. The minimum atomic E-state index is -0.611. The molecule has 1 amide bonds. The summed E-state index contributed by atoms with van der Waals surface area (Å²) < 4.78 is 16.7. The summed E-state index contributed by atoms with van der Waals surface area (Å²) in [6.07, 6.45) is 1.41. The molecular formula is C23H17BrCl2N2O5. The molecule has 0 aromatic heterocycles. The highest BCUT2D eigenvalue weighted by molar-refractivity contribution is 9.10. The zero-order chi connectivity index (χ0) is 23.8. The van der Waals surface area contributed by atoms with Crippen LogP contribution in [-0.4, -0.2) is 31.8 Å². The van der Waals surface area contributed by atoms with Crippen LogP contribution in [0.25, 0.3) is 0 Å². The largest absolute Gasteiger partial charge is 0.493 e. The average Bonchev–Trinajstić information content (AvgIpc) is 2.79. The van der Waals surface area contributed by atoms with Gasteiger partial charge in [0, 0.05) is 5.02 Å². The molecule has 170 valence electrons. The van der Waals surface area contributed by atoms with Gasteiger partial charge in [-0.2, -0.15) is 5.10 Å². The third kappa shape index (κ3) is 6.95. The number of benzene rings is 3. The van der Waals surface area contributed by atoms with Gasteiger partial charge in [0.05, 0.1) is 28.4 Å². The Morgan fingerprint density at radius 3 is 2.52 bits per heavy atom. The van der Waals surface area contributed by atoms with Gasteiger partial charge in [0.15, 0.2) is 18.1 Å². The Kier molecular flexibility index (Phi) is 8.71. The Bertz CT molecular complexity index is 1200. The quantitative estimate of drug-likeness (QED) is 0.172. The first kappa shape index (κ1) is 24.6. The van der Waals surface area contributed by atoms with Crippen LogP contribution in [-0.2, 0) is 4.79 Å². The smallest absolute Gasteiger partial charge is 0.345 e. The normalized spacial score (nSPS) is 10.7. The number of amides is 1. The standard InChI is InChI=1S/C23H17BrCl2N2O5/c1-31-21-10-14(6-8-20(21)33-23(30)16-4-2-3-5-18(16)26)12-27-28-22(29)13-32-19-9-7-15(25)11-17(19)24/h2-12H,13H2,1H3,(H,28,29)/b27-12-. The molecule has 10 heteroatoms. The van der Waals surface area contributed by atoms with Crippen LogP contribution >= 0.6 is 39.1 Å². The van der Waals surface area contributed by atoms with E-state index in [-0.39, 0.29) is 22.9 Å². The maximum Gasteiger partial charge on any atom is 0.345 e. The first-order valence-corrected chi connectivity index (χ1v) is 11.0. The average molecular weight is 552 g/mol. The molecule has 0 spiro atoms. The molecule has 0 bridgehead atoms. The van der Waals surface area contributed by atoms with Crippen LogP contribution in [0, 0.1) is 0 Å². The van der Waals surface area contributed by atoms with Crippen LogP contribution in [0.4, 0.5) is 0 Å². The number of ether oxygens (including phenoxy) is 3. The molecule has 7 nitrogen and oxygen atoms in total. The number of methoxy groups -OCH3 is 1. The minimum absolute atomic E-state index is 0.213. The summed E-state index contributed by atoms with van der Waals surface area (Å²) in [4.78, 5) is 24.3. The third-order valence-electron chi connectivity index (χ3n) is 4.14. The molecule has 0 aliphatic rings. The van der Waals surface area contributed by atoms with Crippen LogP contribution in [0.3, 0.4) is 0 Å². The van der Waals surface area contributed by atoms with Crippen molar-refractivity contribution in [1.82, 2.24) is 5.43 Å². The topological polar surface area (TPSA) is 86.2 Å². The molecule has 0 aliphatic carbocycles. The summed E-state index contributed by atoms with van der Waals surface area (Å²) in [5.41, 5.74) is 3.21. The number of esters is 1. The Labute approximate surface area is 208 Å². The maximum atomic E-state index is 12.4. The van der Waals surface area contributed by atoms with Crippen molar-refractivity contribution in [3.05, 3.63) is 86.3 Å². The lowest BCUT2D eigenvalue weighted by molar-refractivity contribution is -0.123. The molecule has 0 fully saturated rings. The van der Waals surface area contributed by atoms with Crippen molar-refractivity contribution in [1.29, 1.82) is 0 Å². The molecule has 1 N–H and O–H groups in total. The molecule has 0 radical (unpaired) electrons. The van der Waals surface area contributed by atoms with E-state index in [1.807, 2.05) is 0 Å². The van der Waals surface area contributed by atoms with E-state index >= 15 is 0 Å². The van der Waals surface area contributed by atoms with E-state index in [0.717, 1.165) is 0 Å². The van der Waals surface area contributed by atoms with Gasteiger partial charge in [0.25, 0.3) is 5.91 Å². The van der Waals surface area contributed by atoms with E-state index in [1.165, 1.54) is 13.3 Å². The summed E-state index contributed by atoms with van der Waals surface area (Å²) in [5.74, 6) is -0.0670. The van der Waals surface area contributed by atoms with Gasteiger partial charge in [-0.1, -0.05) is 35.3 Å². The predicted molar refractivity (Wildman–Crippen MR) is 130 cm³/mol. The van der Waals surface area contributed by atoms with Crippen LogP contribution in [0.5, 0.6) is 17.2 Å². The van der Waals surface area contributed by atoms with E-state index < -0.39 is 11.9 Å². The van der Waals surface area contributed by atoms with Crippen molar-refractivity contribution in [3.8, 4) is 17.2 Å². The number of rotatable bonds is 8. The lowest BCUT2D eigenvalue weighted by Crippen LogP contribution is -2.24. The fourth-order valence-electron chi connectivity index (χ4n) is 2.58. The summed E-state index contributed by atoms with van der Waals surface area (Å²) in [6, 6.07) is 16.3. The molecule has 0 heterocycles. The molecule has 0 saturated heterocycles. The van der Waals surface area contributed by atoms with E-state index in [4.69, 9.17) is 37.4 Å². The van der Waals surface area contributed by atoms with E-state index in [1.54, 1.807) is 60.7 Å². The zero-order valence-electron chi connectivity index (χ0n) is 17.2. The number of nitrogens with zero attached hydrogens (tertiary/aromatic N) is 1.